The first-order chi connectivity index (χ1) is 14.1. The minimum Gasteiger partial charge on any atom is -0.464 e. The van der Waals surface area contributed by atoms with Crippen molar-refractivity contribution < 1.29 is 26.0 Å². The van der Waals surface area contributed by atoms with E-state index in [0.717, 1.165) is 18.0 Å². The van der Waals surface area contributed by atoms with Crippen molar-refractivity contribution in [2.75, 3.05) is 6.26 Å². The number of benzene rings is 2. The van der Waals surface area contributed by atoms with E-state index < -0.39 is 21.7 Å². The minimum absolute atomic E-state index is 0.0757. The van der Waals surface area contributed by atoms with Gasteiger partial charge in [0.05, 0.1) is 11.2 Å². The summed E-state index contributed by atoms with van der Waals surface area (Å²) in [7, 11) is -3.42. The molecule has 4 rings (SSSR count). The summed E-state index contributed by atoms with van der Waals surface area (Å²) in [5.41, 5.74) is 0.554. The van der Waals surface area contributed by atoms with E-state index in [2.05, 4.69) is 4.98 Å². The molecule has 0 N–H and O–H groups in total. The average molecular weight is 432 g/mol. The third-order valence-electron chi connectivity index (χ3n) is 4.49. The third-order valence-corrected chi connectivity index (χ3v) is 5.62. The van der Waals surface area contributed by atoms with Gasteiger partial charge in [-0.2, -0.15) is 13.2 Å². The van der Waals surface area contributed by atoms with Gasteiger partial charge < -0.3 is 4.42 Å². The smallest absolute Gasteiger partial charge is 0.434 e. The van der Waals surface area contributed by atoms with Crippen molar-refractivity contribution in [1.82, 2.24) is 9.55 Å². The molecular formula is C21H15F3N2O3S. The lowest BCUT2D eigenvalue weighted by molar-refractivity contribution is -0.140. The molecule has 2 heterocycles. The van der Waals surface area contributed by atoms with Gasteiger partial charge in [0.25, 0.3) is 0 Å². The molecule has 5 nitrogen and oxygen atoms in total. The van der Waals surface area contributed by atoms with Crippen molar-refractivity contribution in [2.24, 2.45) is 0 Å². The SMILES string of the molecule is CS(=O)(=O)c1ccc(-n2cc(C(F)(F)F)nc2-c2ccc(-c3ccco3)cc2)cc1. The molecule has 2 aromatic heterocycles. The Morgan fingerprint density at radius 2 is 1.57 bits per heavy atom. The lowest BCUT2D eigenvalue weighted by Crippen LogP contribution is -2.05. The molecule has 0 bridgehead atoms. The first-order valence-electron chi connectivity index (χ1n) is 8.74. The maximum Gasteiger partial charge on any atom is 0.434 e. The van der Waals surface area contributed by atoms with Crippen LogP contribution in [0.3, 0.4) is 0 Å². The van der Waals surface area contributed by atoms with Crippen LogP contribution >= 0.6 is 0 Å². The third kappa shape index (κ3) is 3.88. The van der Waals surface area contributed by atoms with Gasteiger partial charge in [0.1, 0.15) is 11.6 Å². The molecule has 0 fully saturated rings. The molecule has 0 aliphatic heterocycles. The highest BCUT2D eigenvalue weighted by Crippen LogP contribution is 2.33. The number of imidazole rings is 1. The Labute approximate surface area is 170 Å². The monoisotopic (exact) mass is 432 g/mol. The normalized spacial score (nSPS) is 12.3. The first-order valence-corrected chi connectivity index (χ1v) is 10.6. The zero-order valence-electron chi connectivity index (χ0n) is 15.6. The van der Waals surface area contributed by atoms with Gasteiger partial charge in [-0.1, -0.05) is 24.3 Å². The second kappa shape index (κ2) is 7.17. The Morgan fingerprint density at radius 1 is 0.933 bits per heavy atom. The zero-order chi connectivity index (χ0) is 21.5. The fourth-order valence-electron chi connectivity index (χ4n) is 3.00. The molecule has 154 valence electrons. The molecule has 0 saturated carbocycles. The molecule has 9 heteroatoms. The number of nitrogens with zero attached hydrogens (tertiary/aromatic N) is 2. The molecule has 0 aliphatic carbocycles. The van der Waals surface area contributed by atoms with Crippen LogP contribution in [-0.2, 0) is 16.0 Å². The molecule has 0 saturated heterocycles. The van der Waals surface area contributed by atoms with E-state index in [0.29, 0.717) is 17.0 Å². The van der Waals surface area contributed by atoms with Gasteiger partial charge in [-0.3, -0.25) is 4.57 Å². The summed E-state index contributed by atoms with van der Waals surface area (Å²) in [6.45, 7) is 0. The van der Waals surface area contributed by atoms with Crippen LogP contribution in [0.2, 0.25) is 0 Å². The number of rotatable bonds is 4. The summed E-state index contributed by atoms with van der Waals surface area (Å²) in [5.74, 6) is 0.720. The van der Waals surface area contributed by atoms with Gasteiger partial charge in [-0.25, -0.2) is 13.4 Å². The largest absolute Gasteiger partial charge is 0.464 e. The van der Waals surface area contributed by atoms with Crippen LogP contribution in [-0.4, -0.2) is 24.2 Å². The highest BCUT2D eigenvalue weighted by molar-refractivity contribution is 7.90. The summed E-state index contributed by atoms with van der Waals surface area (Å²) in [5, 5.41) is 0. The second-order valence-corrected chi connectivity index (χ2v) is 8.65. The van der Waals surface area contributed by atoms with E-state index in [1.165, 1.54) is 35.1 Å². The average Bonchev–Trinajstić information content (AvgIpc) is 3.37. The fraction of sp³-hybridized carbons (Fsp3) is 0.0952. The standard InChI is InChI=1S/C21H15F3N2O3S/c1-30(27,28)17-10-8-16(9-11-17)26-13-19(21(22,23)24)25-20(26)15-6-4-14(5-7-15)18-3-2-12-29-18/h2-13H,1H3. The predicted octanol–water partition coefficient (Wildman–Crippen LogP) is 5.22. The van der Waals surface area contributed by atoms with Crippen molar-refractivity contribution in [1.29, 1.82) is 0 Å². The lowest BCUT2D eigenvalue weighted by Gasteiger charge is -2.09. The van der Waals surface area contributed by atoms with Gasteiger partial charge in [-0.15, -0.1) is 0 Å². The van der Waals surface area contributed by atoms with E-state index >= 15 is 0 Å². The number of halogens is 3. The van der Waals surface area contributed by atoms with Crippen LogP contribution < -0.4 is 0 Å². The molecule has 0 aliphatic rings. The van der Waals surface area contributed by atoms with E-state index in [9.17, 15) is 21.6 Å². The van der Waals surface area contributed by atoms with Gasteiger partial charge in [0, 0.05) is 29.3 Å². The van der Waals surface area contributed by atoms with Gasteiger partial charge in [0.2, 0.25) is 0 Å². The predicted molar refractivity (Wildman–Crippen MR) is 105 cm³/mol. The number of furan rings is 1. The van der Waals surface area contributed by atoms with Crippen molar-refractivity contribution in [2.45, 2.75) is 11.1 Å². The van der Waals surface area contributed by atoms with Crippen molar-refractivity contribution >= 4 is 9.84 Å². The second-order valence-electron chi connectivity index (χ2n) is 6.64. The number of hydrogen-bond donors (Lipinski definition) is 0. The number of sulfone groups is 1. The van der Waals surface area contributed by atoms with Gasteiger partial charge >= 0.3 is 6.18 Å². The van der Waals surface area contributed by atoms with Gasteiger partial charge in [-0.05, 0) is 36.4 Å². The summed E-state index contributed by atoms with van der Waals surface area (Å²) in [4.78, 5) is 3.86. The van der Waals surface area contributed by atoms with Crippen molar-refractivity contribution in [3.63, 3.8) is 0 Å². The molecule has 0 radical (unpaired) electrons. The van der Waals surface area contributed by atoms with E-state index in [-0.39, 0.29) is 10.7 Å². The summed E-state index contributed by atoms with van der Waals surface area (Å²) >= 11 is 0. The first kappa shape index (κ1) is 20.0. The number of aromatic nitrogens is 2. The summed E-state index contributed by atoms with van der Waals surface area (Å²) in [6, 6.07) is 15.9. The molecule has 0 spiro atoms. The van der Waals surface area contributed by atoms with Gasteiger partial charge in [0.15, 0.2) is 15.5 Å². The number of hydrogen-bond acceptors (Lipinski definition) is 4. The molecule has 0 unspecified atom stereocenters. The van der Waals surface area contributed by atoms with Crippen molar-refractivity contribution in [3.8, 4) is 28.4 Å². The fourth-order valence-corrected chi connectivity index (χ4v) is 3.63. The molecule has 0 amide bonds. The molecule has 30 heavy (non-hydrogen) atoms. The quantitative estimate of drug-likeness (QED) is 0.443. The zero-order valence-corrected chi connectivity index (χ0v) is 16.4. The van der Waals surface area contributed by atoms with Crippen LogP contribution in [0.25, 0.3) is 28.4 Å². The highest BCUT2D eigenvalue weighted by Gasteiger charge is 2.35. The maximum absolute atomic E-state index is 13.3. The summed E-state index contributed by atoms with van der Waals surface area (Å²) in [6.07, 6.45) is -1.13. The van der Waals surface area contributed by atoms with E-state index in [1.54, 1.807) is 36.4 Å². The van der Waals surface area contributed by atoms with Crippen molar-refractivity contribution in [3.05, 3.63) is 78.8 Å². The molecule has 0 atom stereocenters. The van der Waals surface area contributed by atoms with Crippen LogP contribution in [0.1, 0.15) is 5.69 Å². The van der Waals surface area contributed by atoms with Crippen LogP contribution in [0.5, 0.6) is 0 Å². The molecule has 2 aromatic carbocycles. The van der Waals surface area contributed by atoms with Crippen LogP contribution in [0, 0.1) is 0 Å². The van der Waals surface area contributed by atoms with Crippen LogP contribution in [0.15, 0.2) is 82.4 Å². The Bertz CT molecular complexity index is 1270. The van der Waals surface area contributed by atoms with Crippen LogP contribution in [0.4, 0.5) is 13.2 Å². The minimum atomic E-state index is -4.62. The topological polar surface area (TPSA) is 65.1 Å². The molecule has 4 aromatic rings. The summed E-state index contributed by atoms with van der Waals surface area (Å²) < 4.78 is 69.9. The lowest BCUT2D eigenvalue weighted by atomic mass is 10.1. The van der Waals surface area contributed by atoms with E-state index in [4.69, 9.17) is 4.42 Å². The Hall–Kier alpha value is -3.33. The maximum atomic E-state index is 13.3. The Balaban J connectivity index is 1.80. The highest BCUT2D eigenvalue weighted by atomic mass is 32.2. The van der Waals surface area contributed by atoms with E-state index in [1.807, 2.05) is 0 Å². The Kier molecular flexibility index (Phi) is 4.77. The number of alkyl halides is 3. The molecular weight excluding hydrogens is 417 g/mol. The Morgan fingerprint density at radius 3 is 2.10 bits per heavy atom.